The molecule has 2 aromatic carbocycles. The van der Waals surface area contributed by atoms with Gasteiger partial charge in [0.2, 0.25) is 11.5 Å². The van der Waals surface area contributed by atoms with Gasteiger partial charge in [-0.15, -0.1) is 0 Å². The van der Waals surface area contributed by atoms with E-state index in [9.17, 15) is 29.8 Å². The number of hydrogen-bond acceptors (Lipinski definition) is 8. The summed E-state index contributed by atoms with van der Waals surface area (Å²) in [7, 11) is 0. The topological polar surface area (TPSA) is 139 Å². The van der Waals surface area contributed by atoms with Crippen LogP contribution in [0.25, 0.3) is 0 Å². The van der Waals surface area contributed by atoms with Gasteiger partial charge in [0, 0.05) is 35.0 Å². The minimum absolute atomic E-state index is 0.000962. The third-order valence-electron chi connectivity index (χ3n) is 3.81. The van der Waals surface area contributed by atoms with Crippen molar-refractivity contribution in [3.05, 3.63) is 64.6 Å². The summed E-state index contributed by atoms with van der Waals surface area (Å²) in [6.07, 6.45) is -0.0662. The average molecular weight is 526 g/mol. The number of benzene rings is 2. The first-order chi connectivity index (χ1) is 15.0. The number of ether oxygens (including phenoxy) is 2. The lowest BCUT2D eigenvalue weighted by Gasteiger charge is -2.08. The van der Waals surface area contributed by atoms with Gasteiger partial charge in [0.25, 0.3) is 0 Å². The Balaban J connectivity index is 1.90. The Morgan fingerprint density at radius 1 is 0.719 bits per heavy atom. The molecule has 0 aromatic heterocycles. The van der Waals surface area contributed by atoms with Gasteiger partial charge in [-0.2, -0.15) is 0 Å². The van der Waals surface area contributed by atoms with Crippen molar-refractivity contribution in [1.29, 1.82) is 0 Å². The highest BCUT2D eigenvalue weighted by atomic mass is 35.5. The maximum Gasteiger partial charge on any atom is 0.314 e. The summed E-state index contributed by atoms with van der Waals surface area (Å²) < 4.78 is 9.94. The van der Waals surface area contributed by atoms with E-state index in [-0.39, 0.29) is 45.8 Å². The summed E-state index contributed by atoms with van der Waals surface area (Å²) in [4.78, 5) is 44.6. The molecule has 0 aliphatic rings. The molecule has 0 spiro atoms. The molecular weight excluding hydrogens is 514 g/mol. The second-order valence-electron chi connectivity index (χ2n) is 6.14. The van der Waals surface area contributed by atoms with Gasteiger partial charge in [0.05, 0.1) is 19.9 Å². The van der Waals surface area contributed by atoms with E-state index in [0.29, 0.717) is 0 Å². The van der Waals surface area contributed by atoms with Gasteiger partial charge in [-0.25, -0.2) is 0 Å². The number of hydrogen-bond donors (Lipinski definition) is 0. The molecule has 0 bridgehead atoms. The molecule has 0 aliphatic heterocycles. The SMILES string of the molecule is O=C(CCCCC(=O)Oc1c(Cl)cc(Cl)cc1[N+](=O)[O-])Oc1c(Cl)cc(Cl)cc1[N+](=O)[O-]. The van der Waals surface area contributed by atoms with Crippen molar-refractivity contribution in [3.8, 4) is 11.5 Å². The van der Waals surface area contributed by atoms with Crippen LogP contribution in [0.1, 0.15) is 25.7 Å². The van der Waals surface area contributed by atoms with Crippen LogP contribution in [0.5, 0.6) is 11.5 Å². The first kappa shape index (κ1) is 25.6. The van der Waals surface area contributed by atoms with Crippen molar-refractivity contribution < 1.29 is 28.9 Å². The van der Waals surface area contributed by atoms with Crippen LogP contribution in [0.2, 0.25) is 20.1 Å². The van der Waals surface area contributed by atoms with Crippen LogP contribution in [-0.4, -0.2) is 21.8 Å². The zero-order valence-electron chi connectivity index (χ0n) is 15.8. The summed E-state index contributed by atoms with van der Waals surface area (Å²) in [5, 5.41) is 21.8. The molecule has 2 aromatic rings. The van der Waals surface area contributed by atoms with Gasteiger partial charge < -0.3 is 9.47 Å². The van der Waals surface area contributed by atoms with Gasteiger partial charge in [-0.05, 0) is 25.0 Å². The number of nitro benzene ring substituents is 2. The number of carbonyl (C=O) groups is 2. The summed E-state index contributed by atoms with van der Waals surface area (Å²) in [6, 6.07) is 4.37. The molecular formula is C18H12Cl4N2O8. The first-order valence-corrected chi connectivity index (χ1v) is 10.2. The van der Waals surface area contributed by atoms with E-state index < -0.39 is 44.7 Å². The zero-order valence-corrected chi connectivity index (χ0v) is 18.8. The number of rotatable bonds is 9. The van der Waals surface area contributed by atoms with Crippen LogP contribution >= 0.6 is 46.4 Å². The monoisotopic (exact) mass is 524 g/mol. The van der Waals surface area contributed by atoms with Crippen molar-refractivity contribution in [3.63, 3.8) is 0 Å². The smallest absolute Gasteiger partial charge is 0.314 e. The Labute approximate surface area is 200 Å². The lowest BCUT2D eigenvalue weighted by molar-refractivity contribution is -0.385. The lowest BCUT2D eigenvalue weighted by atomic mass is 10.2. The highest BCUT2D eigenvalue weighted by Crippen LogP contribution is 2.39. The summed E-state index contributed by atoms with van der Waals surface area (Å²) in [5.74, 6) is -2.51. The molecule has 0 fully saturated rings. The third kappa shape index (κ3) is 6.92. The Morgan fingerprint density at radius 3 is 1.38 bits per heavy atom. The Bertz CT molecular complexity index is 1010. The van der Waals surface area contributed by atoms with E-state index in [1.165, 1.54) is 12.1 Å². The maximum absolute atomic E-state index is 12.0. The van der Waals surface area contributed by atoms with Crippen molar-refractivity contribution >= 4 is 69.7 Å². The van der Waals surface area contributed by atoms with E-state index in [0.717, 1.165) is 12.1 Å². The second kappa shape index (κ2) is 11.3. The van der Waals surface area contributed by atoms with Gasteiger partial charge >= 0.3 is 23.3 Å². The van der Waals surface area contributed by atoms with Crippen molar-refractivity contribution in [2.75, 3.05) is 0 Å². The number of carbonyl (C=O) groups excluding carboxylic acids is 2. The van der Waals surface area contributed by atoms with Crippen molar-refractivity contribution in [1.82, 2.24) is 0 Å². The molecule has 0 heterocycles. The quantitative estimate of drug-likeness (QED) is 0.124. The molecule has 0 atom stereocenters. The Hall–Kier alpha value is -2.66. The van der Waals surface area contributed by atoms with E-state index >= 15 is 0 Å². The van der Waals surface area contributed by atoms with Gasteiger partial charge in [0.1, 0.15) is 0 Å². The number of nitrogens with zero attached hydrogens (tertiary/aromatic N) is 2. The van der Waals surface area contributed by atoms with Gasteiger partial charge in [-0.1, -0.05) is 46.4 Å². The van der Waals surface area contributed by atoms with Crippen molar-refractivity contribution in [2.45, 2.75) is 25.7 Å². The lowest BCUT2D eigenvalue weighted by Crippen LogP contribution is -2.11. The molecule has 0 unspecified atom stereocenters. The molecule has 0 aliphatic carbocycles. The molecule has 0 saturated carbocycles. The van der Waals surface area contributed by atoms with Crippen LogP contribution < -0.4 is 9.47 Å². The number of esters is 2. The zero-order chi connectivity index (χ0) is 24.0. The standard InChI is InChI=1S/C18H12Cl4N2O8/c19-9-5-11(21)17(13(7-9)23(27)28)31-15(25)3-1-2-4-16(26)32-18-12(22)6-10(20)8-14(18)24(29)30/h5-8H,1-4H2. The largest absolute Gasteiger partial charge is 0.417 e. The molecule has 170 valence electrons. The predicted octanol–water partition coefficient (Wildman–Crippen LogP) is 6.19. The van der Waals surface area contributed by atoms with Crippen LogP contribution in [0, 0.1) is 20.2 Å². The fourth-order valence-corrected chi connectivity index (χ4v) is 3.48. The number of halogens is 4. The van der Waals surface area contributed by atoms with Crippen molar-refractivity contribution in [2.24, 2.45) is 0 Å². The minimum Gasteiger partial charge on any atom is -0.417 e. The summed E-state index contributed by atoms with van der Waals surface area (Å²) >= 11 is 23.2. The second-order valence-corrected chi connectivity index (χ2v) is 7.83. The van der Waals surface area contributed by atoms with Crippen LogP contribution in [0.4, 0.5) is 11.4 Å². The predicted molar refractivity (Wildman–Crippen MR) is 116 cm³/mol. The normalized spacial score (nSPS) is 10.5. The molecule has 0 radical (unpaired) electrons. The highest BCUT2D eigenvalue weighted by molar-refractivity contribution is 6.36. The Morgan fingerprint density at radius 2 is 1.06 bits per heavy atom. The fourth-order valence-electron chi connectivity index (χ4n) is 2.44. The maximum atomic E-state index is 12.0. The van der Waals surface area contributed by atoms with E-state index in [2.05, 4.69) is 0 Å². The minimum atomic E-state index is -0.818. The van der Waals surface area contributed by atoms with Crippen LogP contribution in [0.15, 0.2) is 24.3 Å². The molecule has 2 rings (SSSR count). The molecule has 10 nitrogen and oxygen atoms in total. The molecule has 0 N–H and O–H groups in total. The van der Waals surface area contributed by atoms with E-state index in [1.54, 1.807) is 0 Å². The van der Waals surface area contributed by atoms with Gasteiger partial charge in [-0.3, -0.25) is 29.8 Å². The van der Waals surface area contributed by atoms with Crippen LogP contribution in [0.3, 0.4) is 0 Å². The summed E-state index contributed by atoms with van der Waals surface area (Å²) in [5.41, 5.74) is -1.14. The molecule has 14 heteroatoms. The molecule has 0 amide bonds. The van der Waals surface area contributed by atoms with E-state index in [1.807, 2.05) is 0 Å². The number of unbranched alkanes of at least 4 members (excludes halogenated alkanes) is 1. The van der Waals surface area contributed by atoms with Gasteiger partial charge in [0.15, 0.2) is 0 Å². The van der Waals surface area contributed by atoms with E-state index in [4.69, 9.17) is 55.9 Å². The third-order valence-corrected chi connectivity index (χ3v) is 4.81. The fraction of sp³-hybridized carbons (Fsp3) is 0.222. The molecule has 0 saturated heterocycles. The average Bonchev–Trinajstić information content (AvgIpc) is 2.68. The Kier molecular flexibility index (Phi) is 9.02. The highest BCUT2D eigenvalue weighted by Gasteiger charge is 2.24. The number of nitro groups is 2. The molecule has 32 heavy (non-hydrogen) atoms. The van der Waals surface area contributed by atoms with Crippen LogP contribution in [-0.2, 0) is 9.59 Å². The summed E-state index contributed by atoms with van der Waals surface area (Å²) in [6.45, 7) is 0. The first-order valence-electron chi connectivity index (χ1n) is 8.67.